The number of halogens is 1. The van der Waals surface area contributed by atoms with Crippen molar-refractivity contribution in [3.63, 3.8) is 0 Å². The van der Waals surface area contributed by atoms with E-state index in [2.05, 4.69) is 10.3 Å². The number of methoxy groups -OCH3 is 1. The first-order valence-corrected chi connectivity index (χ1v) is 7.13. The van der Waals surface area contributed by atoms with Crippen LogP contribution in [0.4, 0.5) is 0 Å². The first-order chi connectivity index (χ1) is 10.2. The van der Waals surface area contributed by atoms with E-state index in [1.54, 1.807) is 7.11 Å². The van der Waals surface area contributed by atoms with Gasteiger partial charge < -0.3 is 25.3 Å². The third-order valence-electron chi connectivity index (χ3n) is 3.05. The molecule has 1 aromatic rings. The molecule has 0 amide bonds. The number of guanidine groups is 1. The van der Waals surface area contributed by atoms with Crippen molar-refractivity contribution in [3.8, 4) is 11.5 Å². The maximum atomic E-state index is 5.84. The highest BCUT2D eigenvalue weighted by atomic mass is 127. The van der Waals surface area contributed by atoms with E-state index in [9.17, 15) is 0 Å². The summed E-state index contributed by atoms with van der Waals surface area (Å²) < 4.78 is 16.3. The average molecular weight is 421 g/mol. The molecule has 0 spiro atoms. The van der Waals surface area contributed by atoms with Crippen LogP contribution in [0.15, 0.2) is 23.2 Å². The molecule has 6 nitrogen and oxygen atoms in total. The molecule has 1 heterocycles. The molecule has 1 aliphatic rings. The summed E-state index contributed by atoms with van der Waals surface area (Å²) in [5.74, 6) is 1.98. The fraction of sp³-hybridized carbons (Fsp3) is 0.533. The summed E-state index contributed by atoms with van der Waals surface area (Å²) in [6.07, 6.45) is 0.899. The van der Waals surface area contributed by atoms with Crippen LogP contribution >= 0.6 is 24.0 Å². The van der Waals surface area contributed by atoms with E-state index in [1.165, 1.54) is 0 Å². The van der Waals surface area contributed by atoms with Crippen LogP contribution in [0.1, 0.15) is 18.9 Å². The Balaban J connectivity index is 0.00000242. The molecular formula is C15H24IN3O3. The molecule has 0 saturated heterocycles. The second kappa shape index (κ2) is 9.73. The predicted molar refractivity (Wildman–Crippen MR) is 97.3 cm³/mol. The van der Waals surface area contributed by atoms with Crippen LogP contribution in [0, 0.1) is 0 Å². The third kappa shape index (κ3) is 5.88. The molecule has 3 N–H and O–H groups in total. The highest BCUT2D eigenvalue weighted by molar-refractivity contribution is 14.0. The second-order valence-electron chi connectivity index (χ2n) is 5.03. The average Bonchev–Trinajstić information content (AvgIpc) is 2.70. The van der Waals surface area contributed by atoms with Crippen molar-refractivity contribution in [2.45, 2.75) is 25.9 Å². The Morgan fingerprint density at radius 2 is 2.09 bits per heavy atom. The lowest BCUT2D eigenvalue weighted by Gasteiger charge is -2.13. The molecule has 22 heavy (non-hydrogen) atoms. The molecule has 1 aliphatic heterocycles. The monoisotopic (exact) mass is 421 g/mol. The van der Waals surface area contributed by atoms with Gasteiger partial charge in [-0.1, -0.05) is 6.07 Å². The van der Waals surface area contributed by atoms with Gasteiger partial charge >= 0.3 is 0 Å². The Labute approximate surface area is 148 Å². The summed E-state index contributed by atoms with van der Waals surface area (Å²) in [6.45, 7) is 4.44. The van der Waals surface area contributed by atoms with Crippen LogP contribution in [-0.2, 0) is 11.3 Å². The van der Waals surface area contributed by atoms with Gasteiger partial charge in [0.25, 0.3) is 0 Å². The first-order valence-electron chi connectivity index (χ1n) is 7.13. The number of fused-ring (bicyclic) bond motifs is 1. The zero-order valence-corrected chi connectivity index (χ0v) is 15.3. The number of nitrogens with one attached hydrogen (secondary N) is 1. The zero-order chi connectivity index (χ0) is 15.1. The summed E-state index contributed by atoms with van der Waals surface area (Å²) in [4.78, 5) is 4.32. The van der Waals surface area contributed by atoms with E-state index in [4.69, 9.17) is 19.9 Å². The van der Waals surface area contributed by atoms with Gasteiger partial charge in [-0.2, -0.15) is 0 Å². The maximum Gasteiger partial charge on any atom is 0.189 e. The molecule has 1 atom stereocenters. The second-order valence-corrected chi connectivity index (χ2v) is 5.03. The molecule has 0 saturated carbocycles. The van der Waals surface area contributed by atoms with Crippen LogP contribution in [0.25, 0.3) is 0 Å². The van der Waals surface area contributed by atoms with Crippen molar-refractivity contribution in [3.05, 3.63) is 23.8 Å². The molecule has 0 aliphatic carbocycles. The van der Waals surface area contributed by atoms with E-state index < -0.39 is 0 Å². The summed E-state index contributed by atoms with van der Waals surface area (Å²) in [7, 11) is 1.66. The number of hydrogen-bond donors (Lipinski definition) is 2. The number of nitrogens with two attached hydrogens (primary N) is 1. The van der Waals surface area contributed by atoms with Gasteiger partial charge in [0.2, 0.25) is 0 Å². The highest BCUT2D eigenvalue weighted by Gasteiger charge is 2.10. The third-order valence-corrected chi connectivity index (χ3v) is 3.05. The first kappa shape index (κ1) is 18.8. The molecule has 0 fully saturated rings. The van der Waals surface area contributed by atoms with Gasteiger partial charge in [-0.25, -0.2) is 4.99 Å². The van der Waals surface area contributed by atoms with Crippen LogP contribution in [0.2, 0.25) is 0 Å². The number of hydrogen-bond acceptors (Lipinski definition) is 4. The Kier molecular flexibility index (Phi) is 8.32. The molecule has 124 valence electrons. The van der Waals surface area contributed by atoms with Crippen LogP contribution in [-0.4, -0.2) is 38.9 Å². The Morgan fingerprint density at radius 3 is 2.82 bits per heavy atom. The lowest BCUT2D eigenvalue weighted by atomic mass is 10.2. The summed E-state index contributed by atoms with van der Waals surface area (Å²) in [5, 5.41) is 3.07. The van der Waals surface area contributed by atoms with E-state index in [1.807, 2.05) is 25.1 Å². The number of ether oxygens (including phenoxy) is 3. The smallest absolute Gasteiger partial charge is 0.189 e. The summed E-state index contributed by atoms with van der Waals surface area (Å²) >= 11 is 0. The number of rotatable bonds is 5. The Hall–Kier alpha value is -1.22. The molecule has 1 unspecified atom stereocenters. The predicted octanol–water partition coefficient (Wildman–Crippen LogP) is 1.91. The fourth-order valence-corrected chi connectivity index (χ4v) is 2.07. The fourth-order valence-electron chi connectivity index (χ4n) is 2.07. The Morgan fingerprint density at radius 1 is 1.36 bits per heavy atom. The van der Waals surface area contributed by atoms with Crippen molar-refractivity contribution >= 4 is 29.9 Å². The van der Waals surface area contributed by atoms with Gasteiger partial charge in [0.15, 0.2) is 17.5 Å². The molecule has 2 rings (SSSR count). The standard InChI is InChI=1S/C15H23N3O3.HI/c1-11(10-19-2)18-15(16)17-9-12-4-5-13-14(8-12)21-7-3-6-20-13;/h4-5,8,11H,3,6-7,9-10H2,1-2H3,(H3,16,17,18);1H. The minimum absolute atomic E-state index is 0. The summed E-state index contributed by atoms with van der Waals surface area (Å²) in [6, 6.07) is 5.98. The van der Waals surface area contributed by atoms with Crippen molar-refractivity contribution in [2.75, 3.05) is 26.9 Å². The largest absolute Gasteiger partial charge is 0.490 e. The van der Waals surface area contributed by atoms with Gasteiger partial charge in [-0.05, 0) is 24.6 Å². The van der Waals surface area contributed by atoms with Crippen molar-refractivity contribution in [1.82, 2.24) is 5.32 Å². The minimum atomic E-state index is 0. The molecule has 0 aromatic heterocycles. The van der Waals surface area contributed by atoms with Gasteiger partial charge in [0.1, 0.15) is 0 Å². The molecule has 1 aromatic carbocycles. The molecule has 7 heteroatoms. The minimum Gasteiger partial charge on any atom is -0.490 e. The van der Waals surface area contributed by atoms with Gasteiger partial charge in [-0.15, -0.1) is 24.0 Å². The van der Waals surface area contributed by atoms with Crippen molar-refractivity contribution < 1.29 is 14.2 Å². The topological polar surface area (TPSA) is 78.1 Å². The van der Waals surface area contributed by atoms with Gasteiger partial charge in [0.05, 0.1) is 26.4 Å². The van der Waals surface area contributed by atoms with E-state index in [0.29, 0.717) is 32.3 Å². The zero-order valence-electron chi connectivity index (χ0n) is 13.0. The van der Waals surface area contributed by atoms with E-state index in [0.717, 1.165) is 23.5 Å². The van der Waals surface area contributed by atoms with E-state index >= 15 is 0 Å². The SMILES string of the molecule is COCC(C)NC(N)=NCc1ccc2c(c1)OCCCO2.I. The van der Waals surface area contributed by atoms with E-state index in [-0.39, 0.29) is 30.0 Å². The Bertz CT molecular complexity index is 497. The van der Waals surface area contributed by atoms with Crippen molar-refractivity contribution in [1.29, 1.82) is 0 Å². The van der Waals surface area contributed by atoms with Crippen LogP contribution in [0.3, 0.4) is 0 Å². The lowest BCUT2D eigenvalue weighted by Crippen LogP contribution is -2.40. The molecule has 0 bridgehead atoms. The molecular weight excluding hydrogens is 397 g/mol. The number of benzene rings is 1. The quantitative estimate of drug-likeness (QED) is 0.432. The number of aliphatic imine (C=N–C) groups is 1. The lowest BCUT2D eigenvalue weighted by molar-refractivity contribution is 0.179. The number of nitrogens with zero attached hydrogens (tertiary/aromatic N) is 1. The normalized spacial score (nSPS) is 15.5. The molecule has 0 radical (unpaired) electrons. The van der Waals surface area contributed by atoms with Crippen molar-refractivity contribution in [2.24, 2.45) is 10.7 Å². The van der Waals surface area contributed by atoms with Crippen LogP contribution < -0.4 is 20.5 Å². The summed E-state index contributed by atoms with van der Waals surface area (Å²) in [5.41, 5.74) is 6.87. The highest BCUT2D eigenvalue weighted by Crippen LogP contribution is 2.30. The maximum absolute atomic E-state index is 5.84. The van der Waals surface area contributed by atoms with Gasteiger partial charge in [-0.3, -0.25) is 0 Å². The van der Waals surface area contributed by atoms with Gasteiger partial charge in [0, 0.05) is 19.6 Å². The van der Waals surface area contributed by atoms with Crippen LogP contribution in [0.5, 0.6) is 11.5 Å².